The zero-order chi connectivity index (χ0) is 16.4. The number of nitrogens with zero attached hydrogens (tertiary/aromatic N) is 1. The summed E-state index contributed by atoms with van der Waals surface area (Å²) in [7, 11) is 0. The molecule has 0 aromatic heterocycles. The highest BCUT2D eigenvalue weighted by atomic mass is 19.1. The van der Waals surface area contributed by atoms with Crippen LogP contribution < -0.4 is 10.2 Å². The zero-order valence-electron chi connectivity index (χ0n) is 12.8. The van der Waals surface area contributed by atoms with Crippen molar-refractivity contribution in [3.8, 4) is 0 Å². The number of carbonyl (C=O) groups excluding carboxylic acids is 2. The molecule has 0 bridgehead atoms. The lowest BCUT2D eigenvalue weighted by Crippen LogP contribution is -2.38. The van der Waals surface area contributed by atoms with Gasteiger partial charge in [-0.15, -0.1) is 0 Å². The van der Waals surface area contributed by atoms with Crippen molar-refractivity contribution in [1.29, 1.82) is 0 Å². The Balaban J connectivity index is 1.71. The molecule has 1 heterocycles. The van der Waals surface area contributed by atoms with Gasteiger partial charge in [-0.05, 0) is 25.1 Å². The Morgan fingerprint density at radius 1 is 1.13 bits per heavy atom. The summed E-state index contributed by atoms with van der Waals surface area (Å²) in [5, 5.41) is 2.98. The van der Waals surface area contributed by atoms with E-state index in [1.807, 2.05) is 19.1 Å². The molecule has 1 N–H and O–H groups in total. The fraction of sp³-hybridized carbons (Fsp3) is 0.222. The van der Waals surface area contributed by atoms with Gasteiger partial charge in [-0.25, -0.2) is 9.29 Å². The fourth-order valence-electron chi connectivity index (χ4n) is 2.63. The average Bonchev–Trinajstić information content (AvgIpc) is 2.82. The number of carbonyl (C=O) groups is 2. The van der Waals surface area contributed by atoms with Crippen molar-refractivity contribution >= 4 is 17.5 Å². The molecule has 4 nitrogen and oxygen atoms in total. The van der Waals surface area contributed by atoms with Gasteiger partial charge in [0.15, 0.2) is 0 Å². The lowest BCUT2D eigenvalue weighted by molar-refractivity contribution is -0.121. The first kappa shape index (κ1) is 15.4. The van der Waals surface area contributed by atoms with E-state index in [2.05, 4.69) is 5.32 Å². The average molecular weight is 312 g/mol. The summed E-state index contributed by atoms with van der Waals surface area (Å²) in [6.45, 7) is 2.15. The molecule has 2 aromatic carbocycles. The normalized spacial score (nSPS) is 17.8. The SMILES string of the molecule is Cc1ccc(N2C(=O)C[C@H](NCc3ccccc3F)C2=O)cc1. The number of hydrogen-bond donors (Lipinski definition) is 1. The van der Waals surface area contributed by atoms with Gasteiger partial charge in [-0.2, -0.15) is 0 Å². The van der Waals surface area contributed by atoms with Gasteiger partial charge in [0.05, 0.1) is 18.2 Å². The van der Waals surface area contributed by atoms with Crippen molar-refractivity contribution in [2.75, 3.05) is 4.90 Å². The Hall–Kier alpha value is -2.53. The summed E-state index contributed by atoms with van der Waals surface area (Å²) in [5.41, 5.74) is 2.10. The lowest BCUT2D eigenvalue weighted by atomic mass is 10.2. The number of imide groups is 1. The molecule has 2 aromatic rings. The van der Waals surface area contributed by atoms with Gasteiger partial charge in [0.2, 0.25) is 5.91 Å². The van der Waals surface area contributed by atoms with Crippen molar-refractivity contribution in [3.63, 3.8) is 0 Å². The number of benzene rings is 2. The van der Waals surface area contributed by atoms with E-state index >= 15 is 0 Å². The van der Waals surface area contributed by atoms with E-state index in [1.54, 1.807) is 30.3 Å². The molecular weight excluding hydrogens is 295 g/mol. The molecule has 2 amide bonds. The van der Waals surface area contributed by atoms with Gasteiger partial charge in [0, 0.05) is 12.1 Å². The number of halogens is 1. The van der Waals surface area contributed by atoms with E-state index in [-0.39, 0.29) is 30.6 Å². The number of amides is 2. The molecule has 1 aliphatic rings. The van der Waals surface area contributed by atoms with Gasteiger partial charge in [-0.1, -0.05) is 35.9 Å². The maximum Gasteiger partial charge on any atom is 0.251 e. The Bertz CT molecular complexity index is 743. The Labute approximate surface area is 133 Å². The number of hydrogen-bond acceptors (Lipinski definition) is 3. The van der Waals surface area contributed by atoms with Crippen LogP contribution in [-0.2, 0) is 16.1 Å². The summed E-state index contributed by atoms with van der Waals surface area (Å²) in [4.78, 5) is 25.8. The first-order valence-electron chi connectivity index (χ1n) is 7.46. The third kappa shape index (κ3) is 3.14. The largest absolute Gasteiger partial charge is 0.301 e. The number of rotatable bonds is 4. The third-order valence-electron chi connectivity index (χ3n) is 3.94. The van der Waals surface area contributed by atoms with Crippen LogP contribution in [0.3, 0.4) is 0 Å². The van der Waals surface area contributed by atoms with Crippen LogP contribution in [-0.4, -0.2) is 17.9 Å². The molecule has 3 rings (SSSR count). The number of nitrogens with one attached hydrogen (secondary N) is 1. The van der Waals surface area contributed by atoms with Crippen molar-refractivity contribution in [2.45, 2.75) is 25.9 Å². The standard InChI is InChI=1S/C18H17FN2O2/c1-12-6-8-14(9-7-12)21-17(22)10-16(18(21)23)20-11-13-4-2-3-5-15(13)19/h2-9,16,20H,10-11H2,1H3/t16-/m0/s1. The first-order valence-corrected chi connectivity index (χ1v) is 7.46. The second kappa shape index (κ2) is 6.30. The van der Waals surface area contributed by atoms with Crippen molar-refractivity contribution in [1.82, 2.24) is 5.32 Å². The van der Waals surface area contributed by atoms with Crippen LogP contribution in [0.4, 0.5) is 10.1 Å². The van der Waals surface area contributed by atoms with Crippen LogP contribution in [0.25, 0.3) is 0 Å². The maximum atomic E-state index is 13.6. The summed E-state index contributed by atoms with van der Waals surface area (Å²) in [5.74, 6) is -0.868. The molecule has 1 aliphatic heterocycles. The predicted octanol–water partition coefficient (Wildman–Crippen LogP) is 2.56. The van der Waals surface area contributed by atoms with E-state index < -0.39 is 6.04 Å². The smallest absolute Gasteiger partial charge is 0.251 e. The molecule has 0 unspecified atom stereocenters. The highest BCUT2D eigenvalue weighted by Gasteiger charge is 2.39. The van der Waals surface area contributed by atoms with Crippen molar-refractivity contribution < 1.29 is 14.0 Å². The van der Waals surface area contributed by atoms with E-state index in [4.69, 9.17) is 0 Å². The molecule has 0 aliphatic carbocycles. The molecular formula is C18H17FN2O2. The minimum atomic E-state index is -0.622. The second-order valence-corrected chi connectivity index (χ2v) is 5.63. The highest BCUT2D eigenvalue weighted by molar-refractivity contribution is 6.22. The molecule has 0 spiro atoms. The Kier molecular flexibility index (Phi) is 4.21. The van der Waals surface area contributed by atoms with E-state index in [0.717, 1.165) is 5.56 Å². The Morgan fingerprint density at radius 3 is 2.52 bits per heavy atom. The second-order valence-electron chi connectivity index (χ2n) is 5.63. The third-order valence-corrected chi connectivity index (χ3v) is 3.94. The zero-order valence-corrected chi connectivity index (χ0v) is 12.8. The minimum absolute atomic E-state index is 0.0845. The quantitative estimate of drug-likeness (QED) is 0.883. The van der Waals surface area contributed by atoms with Gasteiger partial charge in [-0.3, -0.25) is 9.59 Å². The summed E-state index contributed by atoms with van der Waals surface area (Å²) >= 11 is 0. The molecule has 1 atom stereocenters. The molecule has 5 heteroatoms. The predicted molar refractivity (Wildman–Crippen MR) is 85.3 cm³/mol. The molecule has 0 saturated carbocycles. The summed E-state index contributed by atoms with van der Waals surface area (Å²) in [6.07, 6.45) is 0.0845. The van der Waals surface area contributed by atoms with E-state index in [1.165, 1.54) is 11.0 Å². The first-order chi connectivity index (χ1) is 11.1. The molecule has 118 valence electrons. The van der Waals surface area contributed by atoms with Crippen molar-refractivity contribution in [3.05, 3.63) is 65.5 Å². The van der Waals surface area contributed by atoms with Gasteiger partial charge < -0.3 is 5.32 Å². The Morgan fingerprint density at radius 2 is 1.83 bits per heavy atom. The van der Waals surface area contributed by atoms with Crippen LogP contribution in [0.5, 0.6) is 0 Å². The van der Waals surface area contributed by atoms with Gasteiger partial charge in [0.1, 0.15) is 5.82 Å². The van der Waals surface area contributed by atoms with Crippen LogP contribution in [0, 0.1) is 12.7 Å². The molecule has 1 fully saturated rings. The summed E-state index contributed by atoms with van der Waals surface area (Å²) < 4.78 is 13.6. The number of anilines is 1. The molecule has 1 saturated heterocycles. The maximum absolute atomic E-state index is 13.6. The van der Waals surface area contributed by atoms with Crippen LogP contribution in [0.15, 0.2) is 48.5 Å². The monoisotopic (exact) mass is 312 g/mol. The fourth-order valence-corrected chi connectivity index (χ4v) is 2.63. The number of aryl methyl sites for hydroxylation is 1. The van der Waals surface area contributed by atoms with Crippen LogP contribution in [0.1, 0.15) is 17.5 Å². The minimum Gasteiger partial charge on any atom is -0.301 e. The topological polar surface area (TPSA) is 49.4 Å². The van der Waals surface area contributed by atoms with E-state index in [0.29, 0.717) is 11.3 Å². The lowest BCUT2D eigenvalue weighted by Gasteiger charge is -2.16. The summed E-state index contributed by atoms with van der Waals surface area (Å²) in [6, 6.07) is 13.0. The van der Waals surface area contributed by atoms with Gasteiger partial charge in [0.25, 0.3) is 5.91 Å². The van der Waals surface area contributed by atoms with Gasteiger partial charge >= 0.3 is 0 Å². The van der Waals surface area contributed by atoms with Crippen LogP contribution in [0.2, 0.25) is 0 Å². The molecule has 0 radical (unpaired) electrons. The highest BCUT2D eigenvalue weighted by Crippen LogP contribution is 2.23. The van der Waals surface area contributed by atoms with Crippen molar-refractivity contribution in [2.24, 2.45) is 0 Å². The van der Waals surface area contributed by atoms with E-state index in [9.17, 15) is 14.0 Å². The molecule has 23 heavy (non-hydrogen) atoms. The van der Waals surface area contributed by atoms with Crippen LogP contribution >= 0.6 is 0 Å².